The Bertz CT molecular complexity index is 572. The summed E-state index contributed by atoms with van der Waals surface area (Å²) in [6.45, 7) is 6.53. The molecule has 1 aromatic carbocycles. The third-order valence-electron chi connectivity index (χ3n) is 5.40. The molecule has 1 aliphatic rings. The van der Waals surface area contributed by atoms with Crippen molar-refractivity contribution in [1.82, 2.24) is 5.32 Å². The van der Waals surface area contributed by atoms with Crippen LogP contribution in [0.2, 0.25) is 0 Å². The second-order valence-corrected chi connectivity index (χ2v) is 7.92. The summed E-state index contributed by atoms with van der Waals surface area (Å²) in [5.41, 5.74) is 1.85. The summed E-state index contributed by atoms with van der Waals surface area (Å²) >= 11 is 0. The van der Waals surface area contributed by atoms with Crippen LogP contribution in [-0.2, 0) is 16.1 Å². The fraction of sp³-hybridized carbons (Fsp3) is 0.636. The van der Waals surface area contributed by atoms with Crippen molar-refractivity contribution in [1.29, 1.82) is 0 Å². The number of carbonyl (C=O) groups excluding carboxylic acids is 2. The average Bonchev–Trinajstić information content (AvgIpc) is 2.65. The van der Waals surface area contributed by atoms with Crippen LogP contribution in [0.4, 0.5) is 5.69 Å². The lowest BCUT2D eigenvalue weighted by Gasteiger charge is -2.27. The SMILES string of the molecule is CCCCC1CCC(C(=O)NCc2ccc(NC(=O)C(C)C)cc2)CC1. The molecule has 2 N–H and O–H groups in total. The molecule has 26 heavy (non-hydrogen) atoms. The van der Waals surface area contributed by atoms with Crippen LogP contribution < -0.4 is 10.6 Å². The van der Waals surface area contributed by atoms with E-state index in [-0.39, 0.29) is 23.7 Å². The molecular formula is C22H34N2O2. The number of benzene rings is 1. The maximum Gasteiger partial charge on any atom is 0.226 e. The van der Waals surface area contributed by atoms with Gasteiger partial charge in [-0.2, -0.15) is 0 Å². The Hall–Kier alpha value is -1.84. The van der Waals surface area contributed by atoms with Crippen LogP contribution in [0.15, 0.2) is 24.3 Å². The van der Waals surface area contributed by atoms with Crippen molar-refractivity contribution in [2.75, 3.05) is 5.32 Å². The van der Waals surface area contributed by atoms with Crippen molar-refractivity contribution >= 4 is 17.5 Å². The van der Waals surface area contributed by atoms with Gasteiger partial charge in [0.2, 0.25) is 11.8 Å². The highest BCUT2D eigenvalue weighted by Gasteiger charge is 2.25. The summed E-state index contributed by atoms with van der Waals surface area (Å²) in [5.74, 6) is 1.17. The second-order valence-electron chi connectivity index (χ2n) is 7.92. The summed E-state index contributed by atoms with van der Waals surface area (Å²) < 4.78 is 0. The fourth-order valence-corrected chi connectivity index (χ4v) is 3.53. The number of nitrogens with one attached hydrogen (secondary N) is 2. The number of hydrogen-bond donors (Lipinski definition) is 2. The molecule has 0 radical (unpaired) electrons. The minimum atomic E-state index is -0.0361. The first-order chi connectivity index (χ1) is 12.5. The van der Waals surface area contributed by atoms with E-state index in [2.05, 4.69) is 17.6 Å². The summed E-state index contributed by atoms with van der Waals surface area (Å²) in [7, 11) is 0. The fourth-order valence-electron chi connectivity index (χ4n) is 3.53. The van der Waals surface area contributed by atoms with Gasteiger partial charge >= 0.3 is 0 Å². The number of amides is 2. The van der Waals surface area contributed by atoms with Gasteiger partial charge in [-0.1, -0.05) is 52.2 Å². The molecule has 0 unspecified atom stereocenters. The number of unbranched alkanes of at least 4 members (excludes halogenated alkanes) is 1. The predicted molar refractivity (Wildman–Crippen MR) is 107 cm³/mol. The van der Waals surface area contributed by atoms with Gasteiger partial charge in [0.1, 0.15) is 0 Å². The van der Waals surface area contributed by atoms with Gasteiger partial charge in [-0.05, 0) is 49.3 Å². The monoisotopic (exact) mass is 358 g/mol. The molecule has 1 saturated carbocycles. The Balaban J connectivity index is 1.73. The zero-order chi connectivity index (χ0) is 18.9. The normalized spacial score (nSPS) is 20.0. The first kappa shape index (κ1) is 20.5. The maximum atomic E-state index is 12.4. The molecule has 1 fully saturated rings. The molecule has 0 bridgehead atoms. The summed E-state index contributed by atoms with van der Waals surface area (Å²) in [6.07, 6.45) is 8.35. The Labute approximate surface area is 158 Å². The molecule has 0 aromatic heterocycles. The topological polar surface area (TPSA) is 58.2 Å². The van der Waals surface area contributed by atoms with Crippen molar-refractivity contribution in [2.45, 2.75) is 72.3 Å². The van der Waals surface area contributed by atoms with Crippen LogP contribution in [0.5, 0.6) is 0 Å². The molecule has 1 aromatic rings. The Morgan fingerprint density at radius 2 is 1.73 bits per heavy atom. The molecule has 1 aliphatic carbocycles. The number of rotatable bonds is 8. The Morgan fingerprint density at radius 3 is 2.31 bits per heavy atom. The third kappa shape index (κ3) is 6.47. The van der Waals surface area contributed by atoms with Gasteiger partial charge in [-0.3, -0.25) is 9.59 Å². The van der Waals surface area contributed by atoms with E-state index in [1.807, 2.05) is 38.1 Å². The van der Waals surface area contributed by atoms with Gasteiger partial charge in [0.15, 0.2) is 0 Å². The highest BCUT2D eigenvalue weighted by atomic mass is 16.2. The number of anilines is 1. The number of hydrogen-bond acceptors (Lipinski definition) is 2. The molecule has 4 nitrogen and oxygen atoms in total. The maximum absolute atomic E-state index is 12.4. The lowest BCUT2D eigenvalue weighted by atomic mass is 9.79. The van der Waals surface area contributed by atoms with Gasteiger partial charge in [-0.15, -0.1) is 0 Å². The molecule has 0 saturated heterocycles. The standard InChI is InChI=1S/C22H34N2O2/c1-4-5-6-17-7-11-19(12-8-17)22(26)23-15-18-9-13-20(14-10-18)24-21(25)16(2)3/h9-10,13-14,16-17,19H,4-8,11-12,15H2,1-3H3,(H,23,26)(H,24,25). The van der Waals surface area contributed by atoms with Crippen molar-refractivity contribution in [3.8, 4) is 0 Å². The Kier molecular flexibility index (Phi) is 8.14. The van der Waals surface area contributed by atoms with Crippen LogP contribution in [0.1, 0.15) is 71.3 Å². The van der Waals surface area contributed by atoms with E-state index in [4.69, 9.17) is 0 Å². The van der Waals surface area contributed by atoms with Crippen LogP contribution in [0.3, 0.4) is 0 Å². The molecule has 0 atom stereocenters. The van der Waals surface area contributed by atoms with E-state index in [0.717, 1.165) is 30.0 Å². The molecule has 0 spiro atoms. The highest BCUT2D eigenvalue weighted by Crippen LogP contribution is 2.32. The second kappa shape index (κ2) is 10.3. The molecular weight excluding hydrogens is 324 g/mol. The van der Waals surface area contributed by atoms with E-state index >= 15 is 0 Å². The van der Waals surface area contributed by atoms with Crippen molar-refractivity contribution in [2.24, 2.45) is 17.8 Å². The zero-order valence-electron chi connectivity index (χ0n) is 16.5. The van der Waals surface area contributed by atoms with Crippen LogP contribution in [0.25, 0.3) is 0 Å². The summed E-state index contributed by atoms with van der Waals surface area (Å²) in [6, 6.07) is 7.69. The van der Waals surface area contributed by atoms with Crippen LogP contribution in [-0.4, -0.2) is 11.8 Å². The summed E-state index contributed by atoms with van der Waals surface area (Å²) in [5, 5.41) is 5.96. The highest BCUT2D eigenvalue weighted by molar-refractivity contribution is 5.92. The third-order valence-corrected chi connectivity index (χ3v) is 5.40. The minimum Gasteiger partial charge on any atom is -0.352 e. The van der Waals surface area contributed by atoms with Gasteiger partial charge in [0.05, 0.1) is 0 Å². The minimum absolute atomic E-state index is 0.0144. The van der Waals surface area contributed by atoms with E-state index in [0.29, 0.717) is 6.54 Å². The van der Waals surface area contributed by atoms with Gasteiger partial charge < -0.3 is 10.6 Å². The van der Waals surface area contributed by atoms with Crippen molar-refractivity contribution in [3.05, 3.63) is 29.8 Å². The van der Waals surface area contributed by atoms with Crippen molar-refractivity contribution < 1.29 is 9.59 Å². The molecule has 0 aliphatic heterocycles. The zero-order valence-corrected chi connectivity index (χ0v) is 16.5. The molecule has 4 heteroatoms. The van der Waals surface area contributed by atoms with E-state index in [1.54, 1.807) is 0 Å². The average molecular weight is 359 g/mol. The van der Waals surface area contributed by atoms with E-state index < -0.39 is 0 Å². The largest absolute Gasteiger partial charge is 0.352 e. The number of carbonyl (C=O) groups is 2. The molecule has 2 rings (SSSR count). The smallest absolute Gasteiger partial charge is 0.226 e. The van der Waals surface area contributed by atoms with E-state index in [1.165, 1.54) is 32.1 Å². The first-order valence-corrected chi connectivity index (χ1v) is 10.2. The molecule has 0 heterocycles. The lowest BCUT2D eigenvalue weighted by molar-refractivity contribution is -0.126. The van der Waals surface area contributed by atoms with Crippen LogP contribution in [0, 0.1) is 17.8 Å². The van der Waals surface area contributed by atoms with E-state index in [9.17, 15) is 9.59 Å². The predicted octanol–water partition coefficient (Wildman–Crippen LogP) is 4.89. The van der Waals surface area contributed by atoms with Crippen molar-refractivity contribution in [3.63, 3.8) is 0 Å². The van der Waals surface area contributed by atoms with Gasteiger partial charge in [0.25, 0.3) is 0 Å². The van der Waals surface area contributed by atoms with Crippen LogP contribution >= 0.6 is 0 Å². The van der Waals surface area contributed by atoms with Gasteiger partial charge in [-0.25, -0.2) is 0 Å². The molecule has 2 amide bonds. The molecule has 144 valence electrons. The summed E-state index contributed by atoms with van der Waals surface area (Å²) in [4.78, 5) is 24.1. The Morgan fingerprint density at radius 1 is 1.08 bits per heavy atom. The quantitative estimate of drug-likeness (QED) is 0.695. The van der Waals surface area contributed by atoms with Gasteiger partial charge in [0, 0.05) is 24.1 Å². The lowest BCUT2D eigenvalue weighted by Crippen LogP contribution is -2.32. The first-order valence-electron chi connectivity index (χ1n) is 10.2.